The van der Waals surface area contributed by atoms with Gasteiger partial charge in [-0.2, -0.15) is 4.31 Å². The van der Waals surface area contributed by atoms with Crippen LogP contribution >= 0.6 is 0 Å². The summed E-state index contributed by atoms with van der Waals surface area (Å²) < 4.78 is 29.2. The Balaban J connectivity index is 2.67. The average molecular weight is 250 g/mol. The Kier molecular flexibility index (Phi) is 4.28. The second-order valence-electron chi connectivity index (χ2n) is 4.12. The summed E-state index contributed by atoms with van der Waals surface area (Å²) in [7, 11) is -2.40. The minimum absolute atomic E-state index is 0.166. The Labute approximate surface area is 95.8 Å². The molecule has 1 heterocycles. The van der Waals surface area contributed by atoms with Crippen LogP contribution in [0.25, 0.3) is 0 Å². The highest BCUT2D eigenvalue weighted by Crippen LogP contribution is 2.18. The van der Waals surface area contributed by atoms with Crippen molar-refractivity contribution in [1.82, 2.24) is 4.31 Å². The highest BCUT2D eigenvalue weighted by molar-refractivity contribution is 7.89. The van der Waals surface area contributed by atoms with Crippen LogP contribution in [0.1, 0.15) is 13.3 Å². The molecule has 0 aromatic rings. The zero-order valence-electron chi connectivity index (χ0n) is 9.55. The fourth-order valence-electron chi connectivity index (χ4n) is 1.62. The molecule has 0 radical (unpaired) electrons. The summed E-state index contributed by atoms with van der Waals surface area (Å²) >= 11 is 0. The maximum Gasteiger partial charge on any atom is 0.322 e. The minimum Gasteiger partial charge on any atom is -0.468 e. The number of methoxy groups -OCH3 is 1. The fraction of sp³-hybridized carbons (Fsp3) is 0.889. The van der Waals surface area contributed by atoms with Crippen LogP contribution in [0.3, 0.4) is 0 Å². The van der Waals surface area contributed by atoms with E-state index < -0.39 is 21.7 Å². The van der Waals surface area contributed by atoms with E-state index in [1.165, 1.54) is 11.4 Å². The Morgan fingerprint density at radius 2 is 2.19 bits per heavy atom. The van der Waals surface area contributed by atoms with Crippen LogP contribution in [-0.4, -0.2) is 50.7 Å². The lowest BCUT2D eigenvalue weighted by Crippen LogP contribution is -2.50. The lowest BCUT2D eigenvalue weighted by atomic mass is 9.96. The molecule has 1 fully saturated rings. The third-order valence-electron chi connectivity index (χ3n) is 2.90. The van der Waals surface area contributed by atoms with Gasteiger partial charge in [0.05, 0.1) is 7.11 Å². The van der Waals surface area contributed by atoms with Gasteiger partial charge in [0.1, 0.15) is 0 Å². The lowest BCUT2D eigenvalue weighted by molar-refractivity contribution is -0.137. The Morgan fingerprint density at radius 3 is 2.69 bits per heavy atom. The van der Waals surface area contributed by atoms with Crippen LogP contribution in [-0.2, 0) is 19.6 Å². The molecule has 94 valence electrons. The smallest absolute Gasteiger partial charge is 0.322 e. The molecule has 0 spiro atoms. The second-order valence-corrected chi connectivity index (χ2v) is 6.09. The summed E-state index contributed by atoms with van der Waals surface area (Å²) in [5, 5.41) is 0. The minimum atomic E-state index is -3.57. The highest BCUT2D eigenvalue weighted by atomic mass is 32.2. The molecular weight excluding hydrogens is 232 g/mol. The van der Waals surface area contributed by atoms with Crippen LogP contribution in [0.2, 0.25) is 0 Å². The van der Waals surface area contributed by atoms with Crippen molar-refractivity contribution in [3.8, 4) is 0 Å². The topological polar surface area (TPSA) is 89.7 Å². The van der Waals surface area contributed by atoms with Gasteiger partial charge in [0.25, 0.3) is 0 Å². The van der Waals surface area contributed by atoms with E-state index in [1.807, 2.05) is 6.92 Å². The van der Waals surface area contributed by atoms with Gasteiger partial charge in [-0.1, -0.05) is 6.92 Å². The van der Waals surface area contributed by atoms with Crippen LogP contribution in [0.4, 0.5) is 0 Å². The first kappa shape index (κ1) is 13.4. The molecular formula is C9H18N2O4S. The van der Waals surface area contributed by atoms with Crippen molar-refractivity contribution in [2.45, 2.75) is 19.4 Å². The van der Waals surface area contributed by atoms with E-state index in [0.717, 1.165) is 6.42 Å². The van der Waals surface area contributed by atoms with Gasteiger partial charge in [0.2, 0.25) is 10.0 Å². The summed E-state index contributed by atoms with van der Waals surface area (Å²) in [6.07, 6.45) is 0.724. The molecule has 1 rings (SSSR count). The largest absolute Gasteiger partial charge is 0.468 e. The van der Waals surface area contributed by atoms with E-state index in [2.05, 4.69) is 4.74 Å². The summed E-state index contributed by atoms with van der Waals surface area (Å²) in [4.78, 5) is 11.0. The molecule has 0 saturated carbocycles. The first-order valence-electron chi connectivity index (χ1n) is 5.17. The molecule has 0 bridgehead atoms. The van der Waals surface area contributed by atoms with Crippen LogP contribution in [0.15, 0.2) is 0 Å². The molecule has 2 atom stereocenters. The van der Waals surface area contributed by atoms with Crippen molar-refractivity contribution in [3.05, 3.63) is 0 Å². The maximum atomic E-state index is 11.8. The van der Waals surface area contributed by atoms with Crippen molar-refractivity contribution in [3.63, 3.8) is 0 Å². The normalized spacial score (nSPS) is 27.7. The van der Waals surface area contributed by atoms with Crippen molar-refractivity contribution in [2.24, 2.45) is 11.7 Å². The zero-order valence-corrected chi connectivity index (χ0v) is 10.4. The van der Waals surface area contributed by atoms with Gasteiger partial charge in [-0.25, -0.2) is 8.42 Å². The van der Waals surface area contributed by atoms with Crippen LogP contribution in [0.5, 0.6) is 0 Å². The number of hydrogen-bond donors (Lipinski definition) is 1. The lowest BCUT2D eigenvalue weighted by Gasteiger charge is -2.33. The predicted molar refractivity (Wildman–Crippen MR) is 59.1 cm³/mol. The standard InChI is InChI=1S/C9H18N2O4S/c1-7-3-4-11(5-8(7)10)16(13,14)6-9(12)15-2/h7-8H,3-6,10H2,1-2H3. The number of carbonyl (C=O) groups excluding carboxylic acids is 1. The molecule has 1 aliphatic heterocycles. The molecule has 2 N–H and O–H groups in total. The fourth-order valence-corrected chi connectivity index (χ4v) is 3.00. The summed E-state index contributed by atoms with van der Waals surface area (Å²) in [5.74, 6) is -1.04. The first-order chi connectivity index (χ1) is 7.36. The van der Waals surface area contributed by atoms with Crippen molar-refractivity contribution in [1.29, 1.82) is 0 Å². The first-order valence-corrected chi connectivity index (χ1v) is 6.78. The monoisotopic (exact) mass is 250 g/mol. The number of sulfonamides is 1. The van der Waals surface area contributed by atoms with Gasteiger partial charge in [0.15, 0.2) is 5.75 Å². The molecule has 1 aliphatic rings. The summed E-state index contributed by atoms with van der Waals surface area (Å²) in [5.41, 5.74) is 5.81. The maximum absolute atomic E-state index is 11.8. The van der Waals surface area contributed by atoms with Gasteiger partial charge in [-0.3, -0.25) is 4.79 Å². The molecule has 2 unspecified atom stereocenters. The third kappa shape index (κ3) is 3.16. The van der Waals surface area contributed by atoms with Gasteiger partial charge >= 0.3 is 5.97 Å². The molecule has 0 aromatic heterocycles. The van der Waals surface area contributed by atoms with Gasteiger partial charge in [0, 0.05) is 19.1 Å². The van der Waals surface area contributed by atoms with E-state index in [-0.39, 0.29) is 12.6 Å². The molecule has 0 aromatic carbocycles. The van der Waals surface area contributed by atoms with Gasteiger partial charge < -0.3 is 10.5 Å². The molecule has 7 heteroatoms. The average Bonchev–Trinajstić information content (AvgIpc) is 2.21. The SMILES string of the molecule is COC(=O)CS(=O)(=O)N1CCC(C)C(N)C1. The van der Waals surface area contributed by atoms with Crippen molar-refractivity contribution in [2.75, 3.05) is 26.0 Å². The van der Waals surface area contributed by atoms with Gasteiger partial charge in [-0.05, 0) is 12.3 Å². The highest BCUT2D eigenvalue weighted by Gasteiger charge is 2.32. The number of rotatable bonds is 3. The predicted octanol–water partition coefficient (Wildman–Crippen LogP) is -0.842. The molecule has 0 amide bonds. The number of ether oxygens (including phenoxy) is 1. The van der Waals surface area contributed by atoms with Crippen LogP contribution < -0.4 is 5.73 Å². The molecule has 0 aliphatic carbocycles. The second kappa shape index (κ2) is 5.11. The third-order valence-corrected chi connectivity index (χ3v) is 4.62. The summed E-state index contributed by atoms with van der Waals surface area (Å²) in [6.45, 7) is 2.70. The van der Waals surface area contributed by atoms with E-state index in [9.17, 15) is 13.2 Å². The number of esters is 1. The van der Waals surface area contributed by atoms with Crippen molar-refractivity contribution >= 4 is 16.0 Å². The van der Waals surface area contributed by atoms with E-state index in [4.69, 9.17) is 5.73 Å². The quantitative estimate of drug-likeness (QED) is 0.660. The Bertz CT molecular complexity index is 355. The van der Waals surface area contributed by atoms with E-state index >= 15 is 0 Å². The number of nitrogens with two attached hydrogens (primary N) is 1. The molecule has 16 heavy (non-hydrogen) atoms. The number of piperidine rings is 1. The summed E-state index contributed by atoms with van der Waals surface area (Å²) in [6, 6.07) is -0.166. The molecule has 6 nitrogen and oxygen atoms in total. The van der Waals surface area contributed by atoms with E-state index in [0.29, 0.717) is 12.5 Å². The van der Waals surface area contributed by atoms with Crippen LogP contribution in [0, 0.1) is 5.92 Å². The number of hydrogen-bond acceptors (Lipinski definition) is 5. The zero-order chi connectivity index (χ0) is 12.3. The molecule has 1 saturated heterocycles. The van der Waals surface area contributed by atoms with E-state index in [1.54, 1.807) is 0 Å². The number of carbonyl (C=O) groups is 1. The van der Waals surface area contributed by atoms with Gasteiger partial charge in [-0.15, -0.1) is 0 Å². The Morgan fingerprint density at radius 1 is 1.56 bits per heavy atom. The van der Waals surface area contributed by atoms with Crippen molar-refractivity contribution < 1.29 is 17.9 Å². The number of nitrogens with zero attached hydrogens (tertiary/aromatic N) is 1. The Hall–Kier alpha value is -0.660.